The van der Waals surface area contributed by atoms with Crippen LogP contribution >= 0.6 is 0 Å². The maximum absolute atomic E-state index is 12.5. The number of nitrogens with one attached hydrogen (secondary N) is 1. The fourth-order valence-electron chi connectivity index (χ4n) is 2.39. The van der Waals surface area contributed by atoms with Crippen molar-refractivity contribution in [3.63, 3.8) is 0 Å². The maximum Gasteiger partial charge on any atom is 0.231 e. The second kappa shape index (κ2) is 7.60. The topological polar surface area (TPSA) is 38.3 Å². The van der Waals surface area contributed by atoms with Gasteiger partial charge in [-0.25, -0.2) is 0 Å². The van der Waals surface area contributed by atoms with E-state index in [2.05, 4.69) is 5.32 Å². The fraction of sp³-hybridized carbons (Fsp3) is 0.278. The number of methoxy groups -OCH3 is 1. The molecular formula is C18H21NO2. The number of ether oxygens (including phenoxy) is 1. The first-order valence-electron chi connectivity index (χ1n) is 7.18. The monoisotopic (exact) mass is 283 g/mol. The molecule has 0 spiro atoms. The predicted octanol–water partition coefficient (Wildman–Crippen LogP) is 3.97. The lowest BCUT2D eigenvalue weighted by Gasteiger charge is -2.16. The molecule has 2 rings (SSSR count). The molecule has 110 valence electrons. The number of anilines is 1. The van der Waals surface area contributed by atoms with Crippen molar-refractivity contribution in [2.24, 2.45) is 0 Å². The van der Waals surface area contributed by atoms with Crippen LogP contribution in [0.4, 0.5) is 5.69 Å². The summed E-state index contributed by atoms with van der Waals surface area (Å²) in [4.78, 5) is 12.5. The van der Waals surface area contributed by atoms with Crippen LogP contribution in [0.5, 0.6) is 0 Å². The first-order chi connectivity index (χ1) is 10.2. The Morgan fingerprint density at radius 1 is 1.14 bits per heavy atom. The second-order valence-electron chi connectivity index (χ2n) is 4.99. The quantitative estimate of drug-likeness (QED) is 0.871. The summed E-state index contributed by atoms with van der Waals surface area (Å²) < 4.78 is 5.11. The van der Waals surface area contributed by atoms with Gasteiger partial charge in [0.15, 0.2) is 0 Å². The van der Waals surface area contributed by atoms with Crippen molar-refractivity contribution >= 4 is 11.6 Å². The summed E-state index contributed by atoms with van der Waals surface area (Å²) in [7, 11) is 1.66. The first kappa shape index (κ1) is 15.3. The summed E-state index contributed by atoms with van der Waals surface area (Å²) in [6.07, 6.45) is 0.771. The van der Waals surface area contributed by atoms with E-state index in [1.165, 1.54) is 0 Å². The number of rotatable bonds is 6. The average molecular weight is 283 g/mol. The molecule has 1 atom stereocenters. The first-order valence-corrected chi connectivity index (χ1v) is 7.18. The van der Waals surface area contributed by atoms with Gasteiger partial charge < -0.3 is 10.1 Å². The predicted molar refractivity (Wildman–Crippen MR) is 85.3 cm³/mol. The van der Waals surface area contributed by atoms with Gasteiger partial charge in [-0.05, 0) is 29.7 Å². The fourth-order valence-corrected chi connectivity index (χ4v) is 2.39. The van der Waals surface area contributed by atoms with Crippen LogP contribution < -0.4 is 5.32 Å². The smallest absolute Gasteiger partial charge is 0.231 e. The van der Waals surface area contributed by atoms with Crippen LogP contribution in [0.1, 0.15) is 30.4 Å². The van der Waals surface area contributed by atoms with Crippen molar-refractivity contribution < 1.29 is 9.53 Å². The minimum atomic E-state index is -0.128. The van der Waals surface area contributed by atoms with Crippen molar-refractivity contribution in [1.82, 2.24) is 0 Å². The van der Waals surface area contributed by atoms with Crippen LogP contribution in [0.2, 0.25) is 0 Å². The number of carbonyl (C=O) groups is 1. The van der Waals surface area contributed by atoms with Crippen LogP contribution in [0, 0.1) is 0 Å². The van der Waals surface area contributed by atoms with Crippen molar-refractivity contribution in [3.05, 3.63) is 65.7 Å². The Balaban J connectivity index is 2.11. The highest BCUT2D eigenvalue weighted by molar-refractivity contribution is 5.95. The number of amides is 1. The Labute approximate surface area is 126 Å². The molecule has 3 nitrogen and oxygen atoms in total. The summed E-state index contributed by atoms with van der Waals surface area (Å²) in [5.41, 5.74) is 2.90. The molecule has 1 unspecified atom stereocenters. The van der Waals surface area contributed by atoms with Gasteiger partial charge in [-0.1, -0.05) is 49.4 Å². The van der Waals surface area contributed by atoms with E-state index in [0.717, 1.165) is 23.2 Å². The SMILES string of the molecule is CCC(C(=O)Nc1cccc(COC)c1)c1ccccc1. The molecule has 0 saturated carbocycles. The van der Waals surface area contributed by atoms with Crippen molar-refractivity contribution in [2.75, 3.05) is 12.4 Å². The van der Waals surface area contributed by atoms with E-state index in [-0.39, 0.29) is 11.8 Å². The minimum Gasteiger partial charge on any atom is -0.380 e. The summed E-state index contributed by atoms with van der Waals surface area (Å²) in [5.74, 6) is -0.101. The van der Waals surface area contributed by atoms with Crippen LogP contribution in [0.3, 0.4) is 0 Å². The highest BCUT2D eigenvalue weighted by Crippen LogP contribution is 2.22. The van der Waals surface area contributed by atoms with E-state index in [4.69, 9.17) is 4.74 Å². The highest BCUT2D eigenvalue weighted by Gasteiger charge is 2.18. The van der Waals surface area contributed by atoms with Gasteiger partial charge in [-0.3, -0.25) is 4.79 Å². The van der Waals surface area contributed by atoms with Crippen molar-refractivity contribution in [3.8, 4) is 0 Å². The van der Waals surface area contributed by atoms with E-state index in [1.807, 2.05) is 61.5 Å². The number of carbonyl (C=O) groups excluding carboxylic acids is 1. The van der Waals surface area contributed by atoms with E-state index < -0.39 is 0 Å². The molecule has 0 heterocycles. The lowest BCUT2D eigenvalue weighted by molar-refractivity contribution is -0.117. The van der Waals surface area contributed by atoms with Gasteiger partial charge in [0.2, 0.25) is 5.91 Å². The van der Waals surface area contributed by atoms with E-state index in [1.54, 1.807) is 7.11 Å². The van der Waals surface area contributed by atoms with Gasteiger partial charge >= 0.3 is 0 Å². The molecular weight excluding hydrogens is 262 g/mol. The largest absolute Gasteiger partial charge is 0.380 e. The van der Waals surface area contributed by atoms with Crippen LogP contribution in [0.15, 0.2) is 54.6 Å². The minimum absolute atomic E-state index is 0.0262. The molecule has 0 saturated heterocycles. The summed E-state index contributed by atoms with van der Waals surface area (Å²) in [5, 5.41) is 3.00. The molecule has 3 heteroatoms. The zero-order valence-corrected chi connectivity index (χ0v) is 12.5. The maximum atomic E-state index is 12.5. The molecule has 1 N–H and O–H groups in total. The second-order valence-corrected chi connectivity index (χ2v) is 4.99. The van der Waals surface area contributed by atoms with Gasteiger partial charge in [0.1, 0.15) is 0 Å². The molecule has 21 heavy (non-hydrogen) atoms. The lowest BCUT2D eigenvalue weighted by atomic mass is 9.95. The number of benzene rings is 2. The molecule has 0 aliphatic carbocycles. The Bertz CT molecular complexity index is 581. The zero-order valence-electron chi connectivity index (χ0n) is 12.5. The highest BCUT2D eigenvalue weighted by atomic mass is 16.5. The van der Waals surface area contributed by atoms with E-state index in [0.29, 0.717) is 6.61 Å². The van der Waals surface area contributed by atoms with Gasteiger partial charge in [0.05, 0.1) is 12.5 Å². The molecule has 0 aliphatic heterocycles. The van der Waals surface area contributed by atoms with Gasteiger partial charge in [0.25, 0.3) is 0 Å². The summed E-state index contributed by atoms with van der Waals surface area (Å²) in [6, 6.07) is 17.6. The average Bonchev–Trinajstić information content (AvgIpc) is 2.50. The Kier molecular flexibility index (Phi) is 5.52. The lowest BCUT2D eigenvalue weighted by Crippen LogP contribution is -2.20. The summed E-state index contributed by atoms with van der Waals surface area (Å²) in [6.45, 7) is 2.57. The molecule has 0 bridgehead atoms. The van der Waals surface area contributed by atoms with Gasteiger partial charge in [0, 0.05) is 12.8 Å². The molecule has 1 amide bonds. The van der Waals surface area contributed by atoms with Gasteiger partial charge in [-0.15, -0.1) is 0 Å². The molecule has 2 aromatic rings. The molecule has 0 aliphatic rings. The van der Waals surface area contributed by atoms with E-state index >= 15 is 0 Å². The number of hydrogen-bond donors (Lipinski definition) is 1. The molecule has 0 fully saturated rings. The van der Waals surface area contributed by atoms with Crippen LogP contribution in [-0.2, 0) is 16.1 Å². The molecule has 0 aromatic heterocycles. The standard InChI is InChI=1S/C18H21NO2/c1-3-17(15-9-5-4-6-10-15)18(20)19-16-11-7-8-14(12-16)13-21-2/h4-12,17H,3,13H2,1-2H3,(H,19,20). The summed E-state index contributed by atoms with van der Waals surface area (Å²) >= 11 is 0. The molecule has 2 aromatic carbocycles. The zero-order chi connectivity index (χ0) is 15.1. The Hall–Kier alpha value is -2.13. The number of hydrogen-bond acceptors (Lipinski definition) is 2. The van der Waals surface area contributed by atoms with Gasteiger partial charge in [-0.2, -0.15) is 0 Å². The third-order valence-electron chi connectivity index (χ3n) is 3.43. The Morgan fingerprint density at radius 3 is 2.57 bits per heavy atom. The normalized spacial score (nSPS) is 11.9. The third-order valence-corrected chi connectivity index (χ3v) is 3.43. The van der Waals surface area contributed by atoms with Crippen molar-refractivity contribution in [2.45, 2.75) is 25.9 Å². The third kappa shape index (κ3) is 4.17. The van der Waals surface area contributed by atoms with E-state index in [9.17, 15) is 4.79 Å². The van der Waals surface area contributed by atoms with Crippen LogP contribution in [0.25, 0.3) is 0 Å². The Morgan fingerprint density at radius 2 is 1.90 bits per heavy atom. The molecule has 0 radical (unpaired) electrons. The van der Waals surface area contributed by atoms with Crippen LogP contribution in [-0.4, -0.2) is 13.0 Å². The van der Waals surface area contributed by atoms with Crippen molar-refractivity contribution in [1.29, 1.82) is 0 Å².